The molecule has 68 valence electrons. The summed E-state index contributed by atoms with van der Waals surface area (Å²) in [5.41, 5.74) is 5.57. The van der Waals surface area contributed by atoms with Gasteiger partial charge in [0.15, 0.2) is 0 Å². The van der Waals surface area contributed by atoms with Crippen molar-refractivity contribution in [3.8, 4) is 0 Å². The van der Waals surface area contributed by atoms with Crippen molar-refractivity contribution in [3.05, 3.63) is 0 Å². The molecule has 0 aromatic carbocycles. The van der Waals surface area contributed by atoms with Crippen molar-refractivity contribution in [3.63, 3.8) is 0 Å². The quantitative estimate of drug-likeness (QED) is 0.525. The number of likely N-dealkylation sites (tertiary alicyclic amines) is 1. The third-order valence-corrected chi connectivity index (χ3v) is 3.08. The molecule has 1 spiro atoms. The molecule has 1 unspecified atom stereocenters. The van der Waals surface area contributed by atoms with Gasteiger partial charge < -0.3 is 16.0 Å². The summed E-state index contributed by atoms with van der Waals surface area (Å²) in [5, 5.41) is 3.34. The lowest BCUT2D eigenvalue weighted by molar-refractivity contribution is 0.211. The molecule has 0 aromatic rings. The van der Waals surface area contributed by atoms with E-state index in [1.165, 1.54) is 6.42 Å². The molecule has 4 heteroatoms. The zero-order chi connectivity index (χ0) is 8.60. The molecule has 2 aliphatic rings. The first-order chi connectivity index (χ1) is 5.72. The van der Waals surface area contributed by atoms with E-state index in [1.54, 1.807) is 4.90 Å². The predicted octanol–water partition coefficient (Wildman–Crippen LogP) is -0.250. The van der Waals surface area contributed by atoms with Gasteiger partial charge in [-0.3, -0.25) is 0 Å². The van der Waals surface area contributed by atoms with Crippen LogP contribution in [0.15, 0.2) is 0 Å². The largest absolute Gasteiger partial charge is 0.351 e. The lowest BCUT2D eigenvalue weighted by Gasteiger charge is -2.21. The third-order valence-electron chi connectivity index (χ3n) is 3.08. The monoisotopic (exact) mass is 169 g/mol. The molecule has 12 heavy (non-hydrogen) atoms. The molecular weight excluding hydrogens is 154 g/mol. The second-order valence-electron chi connectivity index (χ2n) is 3.94. The van der Waals surface area contributed by atoms with E-state index in [0.717, 1.165) is 32.6 Å². The van der Waals surface area contributed by atoms with Gasteiger partial charge in [0.25, 0.3) is 0 Å². The fourth-order valence-electron chi connectivity index (χ4n) is 2.27. The SMILES string of the molecule is NC(=O)N1CCC2(CCNC2)C1. The predicted molar refractivity (Wildman–Crippen MR) is 45.7 cm³/mol. The Bertz CT molecular complexity index is 198. The van der Waals surface area contributed by atoms with Crippen LogP contribution < -0.4 is 11.1 Å². The zero-order valence-corrected chi connectivity index (χ0v) is 7.18. The third kappa shape index (κ3) is 1.16. The Morgan fingerprint density at radius 2 is 2.33 bits per heavy atom. The van der Waals surface area contributed by atoms with Crippen LogP contribution in [0.4, 0.5) is 4.79 Å². The van der Waals surface area contributed by atoms with Crippen LogP contribution in [0, 0.1) is 5.41 Å². The van der Waals surface area contributed by atoms with Crippen LogP contribution in [0.1, 0.15) is 12.8 Å². The Kier molecular flexibility index (Phi) is 1.72. The summed E-state index contributed by atoms with van der Waals surface area (Å²) in [5.74, 6) is 0. The van der Waals surface area contributed by atoms with Crippen molar-refractivity contribution >= 4 is 6.03 Å². The van der Waals surface area contributed by atoms with E-state index in [-0.39, 0.29) is 6.03 Å². The first-order valence-electron chi connectivity index (χ1n) is 4.47. The standard InChI is InChI=1S/C8H15N3O/c9-7(12)11-4-2-8(6-11)1-3-10-5-8/h10H,1-6H2,(H2,9,12). The topological polar surface area (TPSA) is 58.4 Å². The summed E-state index contributed by atoms with van der Waals surface area (Å²) in [7, 11) is 0. The molecule has 1 atom stereocenters. The van der Waals surface area contributed by atoms with E-state index >= 15 is 0 Å². The summed E-state index contributed by atoms with van der Waals surface area (Å²) in [6.07, 6.45) is 2.31. The average molecular weight is 169 g/mol. The second kappa shape index (κ2) is 2.62. The van der Waals surface area contributed by atoms with Gasteiger partial charge >= 0.3 is 6.03 Å². The number of nitrogens with two attached hydrogens (primary N) is 1. The molecule has 2 rings (SSSR count). The van der Waals surface area contributed by atoms with E-state index < -0.39 is 0 Å². The maximum absolute atomic E-state index is 10.9. The van der Waals surface area contributed by atoms with Gasteiger partial charge in [-0.1, -0.05) is 0 Å². The molecule has 2 fully saturated rings. The minimum atomic E-state index is -0.265. The molecule has 0 aromatic heterocycles. The highest BCUT2D eigenvalue weighted by molar-refractivity contribution is 5.72. The Labute approximate surface area is 72.1 Å². The summed E-state index contributed by atoms with van der Waals surface area (Å²) < 4.78 is 0. The molecule has 0 bridgehead atoms. The highest BCUT2D eigenvalue weighted by Gasteiger charge is 2.41. The van der Waals surface area contributed by atoms with Crippen molar-refractivity contribution in [2.24, 2.45) is 11.1 Å². The van der Waals surface area contributed by atoms with Gasteiger partial charge in [0.2, 0.25) is 0 Å². The molecule has 2 saturated heterocycles. The fourth-order valence-corrected chi connectivity index (χ4v) is 2.27. The zero-order valence-electron chi connectivity index (χ0n) is 7.18. The van der Waals surface area contributed by atoms with Crippen LogP contribution in [-0.2, 0) is 0 Å². The normalized spacial score (nSPS) is 34.8. The summed E-state index contributed by atoms with van der Waals surface area (Å²) >= 11 is 0. The van der Waals surface area contributed by atoms with Gasteiger partial charge in [-0.05, 0) is 19.4 Å². The number of primary amides is 1. The van der Waals surface area contributed by atoms with Gasteiger partial charge in [0.05, 0.1) is 0 Å². The van der Waals surface area contributed by atoms with E-state index in [4.69, 9.17) is 5.73 Å². The second-order valence-corrected chi connectivity index (χ2v) is 3.94. The number of hydrogen-bond acceptors (Lipinski definition) is 2. The van der Waals surface area contributed by atoms with Crippen LogP contribution in [0.2, 0.25) is 0 Å². The van der Waals surface area contributed by atoms with Crippen molar-refractivity contribution in [2.45, 2.75) is 12.8 Å². The van der Waals surface area contributed by atoms with Gasteiger partial charge in [-0.2, -0.15) is 0 Å². The first kappa shape index (κ1) is 7.86. The Hall–Kier alpha value is -0.770. The molecule has 0 aliphatic carbocycles. The maximum atomic E-state index is 10.9. The van der Waals surface area contributed by atoms with Gasteiger partial charge in [-0.15, -0.1) is 0 Å². The lowest BCUT2D eigenvalue weighted by atomic mass is 9.87. The highest BCUT2D eigenvalue weighted by Crippen LogP contribution is 2.35. The molecule has 3 N–H and O–H groups in total. The minimum absolute atomic E-state index is 0.265. The van der Waals surface area contributed by atoms with Gasteiger partial charge in [0.1, 0.15) is 0 Å². The van der Waals surface area contributed by atoms with Crippen LogP contribution in [0.3, 0.4) is 0 Å². The average Bonchev–Trinajstić information content (AvgIpc) is 2.62. The van der Waals surface area contributed by atoms with Crippen LogP contribution in [0.5, 0.6) is 0 Å². The molecule has 4 nitrogen and oxygen atoms in total. The molecular formula is C8H15N3O. The molecule has 0 radical (unpaired) electrons. The van der Waals surface area contributed by atoms with Crippen molar-refractivity contribution in [2.75, 3.05) is 26.2 Å². The molecule has 0 saturated carbocycles. The highest BCUT2D eigenvalue weighted by atomic mass is 16.2. The summed E-state index contributed by atoms with van der Waals surface area (Å²) in [6, 6.07) is -0.265. The summed E-state index contributed by atoms with van der Waals surface area (Å²) in [4.78, 5) is 12.6. The minimum Gasteiger partial charge on any atom is -0.351 e. The van der Waals surface area contributed by atoms with E-state index in [9.17, 15) is 4.79 Å². The summed E-state index contributed by atoms with van der Waals surface area (Å²) in [6.45, 7) is 3.84. The number of urea groups is 1. The number of nitrogens with zero attached hydrogens (tertiary/aromatic N) is 1. The van der Waals surface area contributed by atoms with Gasteiger partial charge in [0, 0.05) is 25.0 Å². The molecule has 2 amide bonds. The van der Waals surface area contributed by atoms with Crippen molar-refractivity contribution < 1.29 is 4.79 Å². The van der Waals surface area contributed by atoms with Crippen molar-refractivity contribution in [1.29, 1.82) is 0 Å². The van der Waals surface area contributed by atoms with Crippen LogP contribution in [-0.4, -0.2) is 37.1 Å². The molecule has 2 heterocycles. The van der Waals surface area contributed by atoms with Crippen LogP contribution >= 0.6 is 0 Å². The fraction of sp³-hybridized carbons (Fsp3) is 0.875. The number of nitrogens with one attached hydrogen (secondary N) is 1. The smallest absolute Gasteiger partial charge is 0.314 e. The Morgan fingerprint density at radius 1 is 1.50 bits per heavy atom. The number of hydrogen-bond donors (Lipinski definition) is 2. The van der Waals surface area contributed by atoms with Crippen LogP contribution in [0.25, 0.3) is 0 Å². The molecule has 2 aliphatic heterocycles. The van der Waals surface area contributed by atoms with E-state index in [2.05, 4.69) is 5.32 Å². The lowest BCUT2D eigenvalue weighted by Crippen LogP contribution is -2.36. The first-order valence-corrected chi connectivity index (χ1v) is 4.47. The number of rotatable bonds is 0. The van der Waals surface area contributed by atoms with E-state index in [1.807, 2.05) is 0 Å². The van der Waals surface area contributed by atoms with Gasteiger partial charge in [-0.25, -0.2) is 4.79 Å². The van der Waals surface area contributed by atoms with Crippen molar-refractivity contribution in [1.82, 2.24) is 10.2 Å². The Balaban J connectivity index is 2.01. The number of carbonyl (C=O) groups is 1. The maximum Gasteiger partial charge on any atom is 0.314 e. The number of amides is 2. The van der Waals surface area contributed by atoms with E-state index in [0.29, 0.717) is 5.41 Å². The Morgan fingerprint density at radius 3 is 2.83 bits per heavy atom. The number of carbonyl (C=O) groups excluding carboxylic acids is 1.